The first-order valence-electron chi connectivity index (χ1n) is 8.56. The average Bonchev–Trinajstić information content (AvgIpc) is 2.94. The number of hydrogen-bond donors (Lipinski definition) is 0. The number of Topliss-reactive ketones (excluding diaryl/α,β-unsaturated/α-hetero) is 1. The number of thioether (sulfide) groups is 2. The summed E-state index contributed by atoms with van der Waals surface area (Å²) >= 11 is 3.61. The van der Waals surface area contributed by atoms with Crippen molar-refractivity contribution in [2.24, 2.45) is 0 Å². The zero-order valence-corrected chi connectivity index (χ0v) is 14.7. The molecule has 1 aromatic rings. The molecule has 0 unspecified atom stereocenters. The van der Waals surface area contributed by atoms with Gasteiger partial charge >= 0.3 is 0 Å². The predicted octanol–water partition coefficient (Wildman–Crippen LogP) is 6.58. The first-order valence-corrected chi connectivity index (χ1v) is 10.2. The van der Waals surface area contributed by atoms with Gasteiger partial charge in [-0.25, -0.2) is 0 Å². The molecule has 1 nitrogen and oxygen atoms in total. The highest BCUT2D eigenvalue weighted by molar-refractivity contribution is 8.24. The monoisotopic (exact) mass is 332 g/mol. The summed E-state index contributed by atoms with van der Waals surface area (Å²) in [6, 6.07) is 8.51. The summed E-state index contributed by atoms with van der Waals surface area (Å²) in [5.74, 6) is 0.406. The largest absolute Gasteiger partial charge is 0.294 e. The lowest BCUT2D eigenvalue weighted by Gasteiger charge is -2.11. The summed E-state index contributed by atoms with van der Waals surface area (Å²) in [6.07, 6.45) is 11.8. The molecule has 22 heavy (non-hydrogen) atoms. The van der Waals surface area contributed by atoms with Crippen molar-refractivity contribution in [1.82, 2.24) is 0 Å². The first kappa shape index (κ1) is 16.2. The van der Waals surface area contributed by atoms with Gasteiger partial charge < -0.3 is 0 Å². The molecule has 0 saturated heterocycles. The lowest BCUT2D eigenvalue weighted by molar-refractivity contribution is -0.115. The van der Waals surface area contributed by atoms with Gasteiger partial charge in [-0.3, -0.25) is 4.79 Å². The van der Waals surface area contributed by atoms with Gasteiger partial charge in [-0.1, -0.05) is 74.2 Å². The number of benzene rings is 1. The van der Waals surface area contributed by atoms with E-state index >= 15 is 0 Å². The van der Waals surface area contributed by atoms with E-state index in [1.54, 1.807) is 23.5 Å². The Morgan fingerprint density at radius 1 is 0.682 bits per heavy atom. The Hall–Kier alpha value is -0.670. The summed E-state index contributed by atoms with van der Waals surface area (Å²) in [6.45, 7) is 0. The molecule has 0 amide bonds. The molecule has 1 aliphatic carbocycles. The van der Waals surface area contributed by atoms with Crippen LogP contribution in [0.4, 0.5) is 0 Å². The molecular formula is C19H24OS2. The van der Waals surface area contributed by atoms with Crippen LogP contribution in [-0.2, 0) is 4.79 Å². The molecule has 3 heteroatoms. The minimum atomic E-state index is 0.406. The number of fused-ring (bicyclic) bond motifs is 1. The quantitative estimate of drug-likeness (QED) is 0.499. The van der Waals surface area contributed by atoms with Crippen molar-refractivity contribution in [2.45, 2.75) is 74.0 Å². The maximum Gasteiger partial charge on any atom is 0.160 e. The smallest absolute Gasteiger partial charge is 0.160 e. The second kappa shape index (κ2) is 8.26. The van der Waals surface area contributed by atoms with E-state index in [0.29, 0.717) is 5.78 Å². The van der Waals surface area contributed by atoms with Crippen LogP contribution in [0.1, 0.15) is 64.2 Å². The summed E-state index contributed by atoms with van der Waals surface area (Å²) in [5.41, 5.74) is 1.12. The molecule has 3 rings (SSSR count). The third-order valence-electron chi connectivity index (χ3n) is 4.42. The van der Waals surface area contributed by atoms with Gasteiger partial charge in [0.1, 0.15) is 0 Å². The SMILES string of the molecule is O=C1CCCCCCCCCCC1=C1Sc2ccccc2S1. The molecule has 0 aromatic heterocycles. The second-order valence-corrected chi connectivity index (χ2v) is 8.53. The van der Waals surface area contributed by atoms with Crippen LogP contribution in [0.25, 0.3) is 0 Å². The highest BCUT2D eigenvalue weighted by atomic mass is 32.2. The molecule has 0 bridgehead atoms. The van der Waals surface area contributed by atoms with Crippen LogP contribution < -0.4 is 0 Å². The zero-order chi connectivity index (χ0) is 15.2. The third-order valence-corrected chi connectivity index (χ3v) is 7.06. The number of hydrogen-bond acceptors (Lipinski definition) is 3. The van der Waals surface area contributed by atoms with E-state index < -0.39 is 0 Å². The Balaban J connectivity index is 1.76. The molecular weight excluding hydrogens is 308 g/mol. The maximum absolute atomic E-state index is 12.7. The highest BCUT2D eigenvalue weighted by Gasteiger charge is 2.23. The van der Waals surface area contributed by atoms with Crippen LogP contribution in [0.15, 0.2) is 43.9 Å². The number of allylic oxidation sites excluding steroid dienone is 1. The molecule has 2 aliphatic rings. The highest BCUT2D eigenvalue weighted by Crippen LogP contribution is 2.52. The zero-order valence-electron chi connectivity index (χ0n) is 13.1. The average molecular weight is 333 g/mol. The fraction of sp³-hybridized carbons (Fsp3) is 0.526. The molecule has 0 atom stereocenters. The normalized spacial score (nSPS) is 21.2. The molecule has 118 valence electrons. The van der Waals surface area contributed by atoms with E-state index in [1.807, 2.05) is 0 Å². The third kappa shape index (κ3) is 4.20. The lowest BCUT2D eigenvalue weighted by Crippen LogP contribution is -2.05. The minimum Gasteiger partial charge on any atom is -0.294 e. The van der Waals surface area contributed by atoms with Crippen molar-refractivity contribution in [3.63, 3.8) is 0 Å². The minimum absolute atomic E-state index is 0.406. The molecule has 0 N–H and O–H groups in total. The Labute approximate surface area is 142 Å². The molecule has 1 heterocycles. The van der Waals surface area contributed by atoms with Crippen molar-refractivity contribution in [3.8, 4) is 0 Å². The number of carbonyl (C=O) groups excluding carboxylic acids is 1. The van der Waals surface area contributed by atoms with Crippen LogP contribution in [0.5, 0.6) is 0 Å². The second-order valence-electron chi connectivity index (χ2n) is 6.17. The number of ketones is 1. The van der Waals surface area contributed by atoms with Crippen molar-refractivity contribution in [1.29, 1.82) is 0 Å². The van der Waals surface area contributed by atoms with Gasteiger partial charge in [0.05, 0.1) is 4.24 Å². The molecule has 1 fully saturated rings. The van der Waals surface area contributed by atoms with Crippen LogP contribution in [0.2, 0.25) is 0 Å². The van der Waals surface area contributed by atoms with Crippen LogP contribution in [0.3, 0.4) is 0 Å². The fourth-order valence-corrected chi connectivity index (χ4v) is 5.78. The molecule has 1 aliphatic heterocycles. The number of carbonyl (C=O) groups is 1. The Kier molecular flexibility index (Phi) is 6.08. The Morgan fingerprint density at radius 2 is 1.18 bits per heavy atom. The van der Waals surface area contributed by atoms with Crippen molar-refractivity contribution in [2.75, 3.05) is 0 Å². The van der Waals surface area contributed by atoms with E-state index in [9.17, 15) is 4.79 Å². The summed E-state index contributed by atoms with van der Waals surface area (Å²) in [4.78, 5) is 15.3. The van der Waals surface area contributed by atoms with Gasteiger partial charge in [0.15, 0.2) is 5.78 Å². The van der Waals surface area contributed by atoms with Crippen molar-refractivity contribution < 1.29 is 4.79 Å². The van der Waals surface area contributed by atoms with E-state index in [2.05, 4.69) is 24.3 Å². The Bertz CT molecular complexity index is 535. The van der Waals surface area contributed by atoms with Gasteiger partial charge in [-0.15, -0.1) is 0 Å². The summed E-state index contributed by atoms with van der Waals surface area (Å²) in [5, 5.41) is 0. The van der Waals surface area contributed by atoms with Crippen molar-refractivity contribution >= 4 is 29.3 Å². The summed E-state index contributed by atoms with van der Waals surface area (Å²) < 4.78 is 1.25. The Morgan fingerprint density at radius 3 is 1.77 bits per heavy atom. The molecule has 0 radical (unpaired) electrons. The predicted molar refractivity (Wildman–Crippen MR) is 96.4 cm³/mol. The van der Waals surface area contributed by atoms with Crippen LogP contribution in [-0.4, -0.2) is 5.78 Å². The molecule has 0 spiro atoms. The van der Waals surface area contributed by atoms with Crippen molar-refractivity contribution in [3.05, 3.63) is 34.1 Å². The van der Waals surface area contributed by atoms with Gasteiger partial charge in [0.2, 0.25) is 0 Å². The van der Waals surface area contributed by atoms with E-state index in [-0.39, 0.29) is 0 Å². The van der Waals surface area contributed by atoms with Gasteiger partial charge in [0.25, 0.3) is 0 Å². The van der Waals surface area contributed by atoms with Gasteiger partial charge in [0, 0.05) is 21.8 Å². The van der Waals surface area contributed by atoms with E-state index in [4.69, 9.17) is 0 Å². The summed E-state index contributed by atoms with van der Waals surface area (Å²) in [7, 11) is 0. The number of rotatable bonds is 0. The molecule has 1 aromatic carbocycles. The topological polar surface area (TPSA) is 17.1 Å². The standard InChI is InChI=1S/C19H24OS2/c20-16-12-8-6-4-2-1-3-5-7-11-15(16)19-21-17-13-9-10-14-18(17)22-19/h9-10,13-14H,1-8,11-12H2. The maximum atomic E-state index is 12.7. The molecule has 1 saturated carbocycles. The van der Waals surface area contributed by atoms with Gasteiger partial charge in [-0.2, -0.15) is 0 Å². The first-order chi connectivity index (χ1) is 10.8. The van der Waals surface area contributed by atoms with E-state index in [0.717, 1.165) is 24.8 Å². The van der Waals surface area contributed by atoms with E-state index in [1.165, 1.54) is 59.0 Å². The van der Waals surface area contributed by atoms with Crippen LogP contribution >= 0.6 is 23.5 Å². The van der Waals surface area contributed by atoms with Crippen LogP contribution in [0, 0.1) is 0 Å². The van der Waals surface area contributed by atoms with Gasteiger partial charge in [-0.05, 0) is 31.4 Å². The lowest BCUT2D eigenvalue weighted by atomic mass is 9.97. The fourth-order valence-electron chi connectivity index (χ4n) is 3.12.